The second-order valence-corrected chi connectivity index (χ2v) is 8.03. The van der Waals surface area contributed by atoms with Crippen LogP contribution in [0.3, 0.4) is 0 Å². The first-order chi connectivity index (χ1) is 12.5. The molecule has 8 heteroatoms. The summed E-state index contributed by atoms with van der Waals surface area (Å²) >= 11 is 2.50. The topological polar surface area (TPSA) is 72.0 Å². The van der Waals surface area contributed by atoms with Gasteiger partial charge in [0.2, 0.25) is 11.0 Å². The molecule has 0 bridgehead atoms. The molecule has 0 saturated heterocycles. The van der Waals surface area contributed by atoms with Gasteiger partial charge in [0.15, 0.2) is 10.1 Å². The average molecular weight is 396 g/mol. The monoisotopic (exact) mass is 395 g/mol. The van der Waals surface area contributed by atoms with Crippen LogP contribution >= 0.6 is 23.1 Å². The van der Waals surface area contributed by atoms with Gasteiger partial charge in [0.25, 0.3) is 0 Å². The van der Waals surface area contributed by atoms with Crippen molar-refractivity contribution in [2.24, 2.45) is 5.92 Å². The molecule has 5 nitrogen and oxygen atoms in total. The number of anilines is 1. The first-order valence-corrected chi connectivity index (χ1v) is 10.4. The minimum Gasteiger partial charge on any atom is -0.300 e. The van der Waals surface area contributed by atoms with Gasteiger partial charge in [-0.1, -0.05) is 49.8 Å². The maximum atomic E-state index is 12.9. The van der Waals surface area contributed by atoms with Crippen LogP contribution in [0.5, 0.6) is 0 Å². The van der Waals surface area contributed by atoms with Gasteiger partial charge in [-0.2, -0.15) is 0 Å². The van der Waals surface area contributed by atoms with E-state index in [-0.39, 0.29) is 29.2 Å². The van der Waals surface area contributed by atoms with Gasteiger partial charge in [-0.25, -0.2) is 4.39 Å². The van der Waals surface area contributed by atoms with E-state index in [4.69, 9.17) is 0 Å². The number of carbonyl (C=O) groups is 2. The summed E-state index contributed by atoms with van der Waals surface area (Å²) in [6, 6.07) is 5.45. The molecule has 0 aliphatic carbocycles. The Labute approximate surface area is 160 Å². The molecule has 0 radical (unpaired) electrons. The van der Waals surface area contributed by atoms with Crippen molar-refractivity contribution in [3.05, 3.63) is 35.6 Å². The van der Waals surface area contributed by atoms with Crippen LogP contribution in [0.1, 0.15) is 49.9 Å². The first kappa shape index (κ1) is 20.5. The van der Waals surface area contributed by atoms with Crippen LogP contribution in [0, 0.1) is 11.7 Å². The SMILES string of the molecule is CCCC[C@H](CC)C(=O)Nc1nnc(SCC(=O)c2ccc(F)cc2)s1. The van der Waals surface area contributed by atoms with Crippen molar-refractivity contribution in [2.45, 2.75) is 43.9 Å². The van der Waals surface area contributed by atoms with Gasteiger partial charge in [-0.3, -0.25) is 9.59 Å². The summed E-state index contributed by atoms with van der Waals surface area (Å²) in [5.41, 5.74) is 0.457. The van der Waals surface area contributed by atoms with Crippen molar-refractivity contribution in [3.8, 4) is 0 Å². The molecule has 1 atom stereocenters. The normalized spacial score (nSPS) is 12.0. The predicted octanol–water partition coefficient (Wildman–Crippen LogP) is 4.81. The minimum atomic E-state index is -0.372. The van der Waals surface area contributed by atoms with E-state index in [2.05, 4.69) is 22.4 Å². The lowest BCUT2D eigenvalue weighted by Gasteiger charge is -2.12. The molecule has 1 aromatic heterocycles. The fourth-order valence-electron chi connectivity index (χ4n) is 2.34. The summed E-state index contributed by atoms with van der Waals surface area (Å²) in [5, 5.41) is 11.2. The predicted molar refractivity (Wildman–Crippen MR) is 103 cm³/mol. The number of thioether (sulfide) groups is 1. The van der Waals surface area contributed by atoms with Crippen LogP contribution in [0.25, 0.3) is 0 Å². The van der Waals surface area contributed by atoms with Crippen molar-refractivity contribution >= 4 is 39.9 Å². The minimum absolute atomic E-state index is 0.0185. The third kappa shape index (κ3) is 6.17. The van der Waals surface area contributed by atoms with Crippen molar-refractivity contribution in [3.63, 3.8) is 0 Å². The van der Waals surface area contributed by atoms with Gasteiger partial charge in [0, 0.05) is 11.5 Å². The van der Waals surface area contributed by atoms with E-state index in [1.165, 1.54) is 47.4 Å². The molecule has 0 spiro atoms. The summed E-state index contributed by atoms with van der Waals surface area (Å²) in [6.07, 6.45) is 3.74. The average Bonchev–Trinajstić information content (AvgIpc) is 3.08. The van der Waals surface area contributed by atoms with Gasteiger partial charge in [-0.15, -0.1) is 10.2 Å². The lowest BCUT2D eigenvalue weighted by molar-refractivity contribution is -0.120. The molecule has 1 amide bonds. The van der Waals surface area contributed by atoms with Crippen LogP contribution in [0.15, 0.2) is 28.6 Å². The fourth-order valence-corrected chi connectivity index (χ4v) is 3.99. The fraction of sp³-hybridized carbons (Fsp3) is 0.444. The number of nitrogens with one attached hydrogen (secondary N) is 1. The third-order valence-electron chi connectivity index (χ3n) is 3.90. The number of unbranched alkanes of at least 4 members (excludes halogenated alkanes) is 1. The molecule has 2 rings (SSSR count). The second-order valence-electron chi connectivity index (χ2n) is 5.83. The van der Waals surface area contributed by atoms with E-state index < -0.39 is 0 Å². The molecule has 0 unspecified atom stereocenters. The van der Waals surface area contributed by atoms with Crippen LogP contribution in [-0.2, 0) is 4.79 Å². The van der Waals surface area contributed by atoms with E-state index in [1.54, 1.807) is 0 Å². The number of amides is 1. The van der Waals surface area contributed by atoms with Crippen LogP contribution < -0.4 is 5.32 Å². The van der Waals surface area contributed by atoms with Gasteiger partial charge in [-0.05, 0) is 37.1 Å². The summed E-state index contributed by atoms with van der Waals surface area (Å²) < 4.78 is 13.5. The van der Waals surface area contributed by atoms with E-state index in [0.29, 0.717) is 15.0 Å². The highest BCUT2D eigenvalue weighted by Gasteiger charge is 2.18. The number of hydrogen-bond acceptors (Lipinski definition) is 6. The molecule has 2 aromatic rings. The number of halogens is 1. The van der Waals surface area contributed by atoms with E-state index in [1.807, 2.05) is 6.92 Å². The number of nitrogens with zero attached hydrogens (tertiary/aromatic N) is 2. The molecule has 1 heterocycles. The number of benzene rings is 1. The number of ketones is 1. The van der Waals surface area contributed by atoms with Gasteiger partial charge in [0.1, 0.15) is 5.82 Å². The number of Topliss-reactive ketones (excluding diaryl/α,β-unsaturated/α-hetero) is 1. The highest BCUT2D eigenvalue weighted by Crippen LogP contribution is 2.27. The highest BCUT2D eigenvalue weighted by molar-refractivity contribution is 8.01. The molecule has 1 aromatic carbocycles. The lowest BCUT2D eigenvalue weighted by atomic mass is 9.99. The number of hydrogen-bond donors (Lipinski definition) is 1. The Morgan fingerprint density at radius 3 is 2.62 bits per heavy atom. The molecule has 0 aliphatic heterocycles. The zero-order valence-electron chi connectivity index (χ0n) is 14.8. The molecular formula is C18H22FN3O2S2. The lowest BCUT2D eigenvalue weighted by Crippen LogP contribution is -2.22. The maximum absolute atomic E-state index is 12.9. The molecule has 0 aliphatic rings. The molecular weight excluding hydrogens is 373 g/mol. The molecule has 140 valence electrons. The van der Waals surface area contributed by atoms with Crippen LogP contribution in [-0.4, -0.2) is 27.6 Å². The summed E-state index contributed by atoms with van der Waals surface area (Å²) in [5.74, 6) is -0.349. The van der Waals surface area contributed by atoms with Crippen molar-refractivity contribution in [1.82, 2.24) is 10.2 Å². The summed E-state index contributed by atoms with van der Waals surface area (Å²) in [4.78, 5) is 24.4. The molecule has 0 saturated carbocycles. The van der Waals surface area contributed by atoms with Crippen molar-refractivity contribution in [2.75, 3.05) is 11.1 Å². The number of aromatic nitrogens is 2. The Balaban J connectivity index is 1.86. The van der Waals surface area contributed by atoms with Crippen LogP contribution in [0.2, 0.25) is 0 Å². The zero-order valence-corrected chi connectivity index (χ0v) is 16.5. The Kier molecular flexibility index (Phi) is 8.18. The first-order valence-electron chi connectivity index (χ1n) is 8.59. The van der Waals surface area contributed by atoms with E-state index >= 15 is 0 Å². The zero-order chi connectivity index (χ0) is 18.9. The quantitative estimate of drug-likeness (QED) is 0.355. The largest absolute Gasteiger partial charge is 0.300 e. The smallest absolute Gasteiger partial charge is 0.229 e. The number of carbonyl (C=O) groups excluding carboxylic acids is 2. The Morgan fingerprint density at radius 2 is 1.96 bits per heavy atom. The molecule has 1 N–H and O–H groups in total. The van der Waals surface area contributed by atoms with Crippen LogP contribution in [0.4, 0.5) is 9.52 Å². The molecule has 0 fully saturated rings. The Morgan fingerprint density at radius 1 is 1.23 bits per heavy atom. The summed E-state index contributed by atoms with van der Waals surface area (Å²) in [7, 11) is 0. The Bertz CT molecular complexity index is 734. The Hall–Kier alpha value is -1.80. The standard InChI is InChI=1S/C18H22FN3O2S2/c1-3-5-6-12(4-2)16(24)20-17-21-22-18(26-17)25-11-15(23)13-7-9-14(19)10-8-13/h7-10,12H,3-6,11H2,1-2H3,(H,20,21,24)/t12-/m0/s1. The van der Waals surface area contributed by atoms with E-state index in [0.717, 1.165) is 25.7 Å². The van der Waals surface area contributed by atoms with Crippen molar-refractivity contribution in [1.29, 1.82) is 0 Å². The number of rotatable bonds is 10. The third-order valence-corrected chi connectivity index (χ3v) is 5.87. The second kappa shape index (κ2) is 10.4. The van der Waals surface area contributed by atoms with Crippen molar-refractivity contribution < 1.29 is 14.0 Å². The highest BCUT2D eigenvalue weighted by atomic mass is 32.2. The van der Waals surface area contributed by atoms with Gasteiger partial charge >= 0.3 is 0 Å². The van der Waals surface area contributed by atoms with Gasteiger partial charge in [0.05, 0.1) is 5.75 Å². The maximum Gasteiger partial charge on any atom is 0.229 e. The summed E-state index contributed by atoms with van der Waals surface area (Å²) in [6.45, 7) is 4.11. The molecule has 26 heavy (non-hydrogen) atoms. The van der Waals surface area contributed by atoms with Gasteiger partial charge < -0.3 is 5.32 Å². The van der Waals surface area contributed by atoms with E-state index in [9.17, 15) is 14.0 Å².